The van der Waals surface area contributed by atoms with Crippen LogP contribution in [-0.2, 0) is 16.1 Å². The molecule has 0 aliphatic carbocycles. The Balaban J connectivity index is 1.80. The predicted octanol–water partition coefficient (Wildman–Crippen LogP) is 3.32. The van der Waals surface area contributed by atoms with E-state index < -0.39 is 5.60 Å². The van der Waals surface area contributed by atoms with Crippen LogP contribution in [0.3, 0.4) is 0 Å². The molecule has 2 rings (SSSR count). The van der Waals surface area contributed by atoms with Crippen LogP contribution in [0.25, 0.3) is 0 Å². The maximum atomic E-state index is 12.2. The molecule has 1 unspecified atom stereocenters. The number of benzene rings is 1. The van der Waals surface area contributed by atoms with Gasteiger partial charge in [-0.25, -0.2) is 4.79 Å². The third-order valence-corrected chi connectivity index (χ3v) is 4.12. The van der Waals surface area contributed by atoms with Gasteiger partial charge in [-0.05, 0) is 44.9 Å². The molecule has 1 aromatic carbocycles. The van der Waals surface area contributed by atoms with Gasteiger partial charge >= 0.3 is 6.09 Å². The summed E-state index contributed by atoms with van der Waals surface area (Å²) in [5.41, 5.74) is 0.530. The molecule has 126 valence electrons. The zero-order chi connectivity index (χ0) is 17.0. The van der Waals surface area contributed by atoms with E-state index in [1.54, 1.807) is 4.90 Å². The van der Waals surface area contributed by atoms with Crippen LogP contribution in [0.4, 0.5) is 4.79 Å². The zero-order valence-electron chi connectivity index (χ0n) is 13.8. The van der Waals surface area contributed by atoms with E-state index in [1.807, 2.05) is 45.0 Å². The van der Waals surface area contributed by atoms with E-state index in [4.69, 9.17) is 4.74 Å². The van der Waals surface area contributed by atoms with Crippen LogP contribution in [0.1, 0.15) is 32.8 Å². The van der Waals surface area contributed by atoms with Gasteiger partial charge in [0, 0.05) is 24.1 Å². The number of hydrogen-bond acceptors (Lipinski definition) is 3. The molecule has 0 spiro atoms. The topological polar surface area (TPSA) is 58.6 Å². The average Bonchev–Trinajstić information content (AvgIpc) is 2.94. The lowest BCUT2D eigenvalue weighted by molar-refractivity contribution is -0.124. The lowest BCUT2D eigenvalue weighted by atomic mass is 10.1. The van der Waals surface area contributed by atoms with E-state index in [2.05, 4.69) is 21.2 Å². The van der Waals surface area contributed by atoms with Crippen molar-refractivity contribution in [2.45, 2.75) is 39.3 Å². The molecule has 1 heterocycles. The summed E-state index contributed by atoms with van der Waals surface area (Å²) in [6.07, 6.45) is 0.325. The van der Waals surface area contributed by atoms with Crippen molar-refractivity contribution in [3.05, 3.63) is 34.3 Å². The summed E-state index contributed by atoms with van der Waals surface area (Å²) < 4.78 is 6.35. The van der Waals surface area contributed by atoms with Gasteiger partial charge in [0.1, 0.15) is 5.60 Å². The Labute approximate surface area is 145 Å². The number of rotatable bonds is 3. The van der Waals surface area contributed by atoms with E-state index in [-0.39, 0.29) is 17.9 Å². The van der Waals surface area contributed by atoms with E-state index in [0.717, 1.165) is 10.0 Å². The largest absolute Gasteiger partial charge is 0.444 e. The quantitative estimate of drug-likeness (QED) is 0.871. The van der Waals surface area contributed by atoms with Crippen molar-refractivity contribution < 1.29 is 14.3 Å². The van der Waals surface area contributed by atoms with Gasteiger partial charge in [-0.1, -0.05) is 28.1 Å². The number of amides is 2. The van der Waals surface area contributed by atoms with E-state index >= 15 is 0 Å². The molecule has 1 aromatic rings. The van der Waals surface area contributed by atoms with Crippen molar-refractivity contribution in [3.8, 4) is 0 Å². The van der Waals surface area contributed by atoms with Crippen molar-refractivity contribution >= 4 is 27.9 Å². The number of hydrogen-bond donors (Lipinski definition) is 1. The van der Waals surface area contributed by atoms with Crippen molar-refractivity contribution in [3.63, 3.8) is 0 Å². The van der Waals surface area contributed by atoms with Gasteiger partial charge in [0.05, 0.1) is 5.92 Å². The molecule has 6 heteroatoms. The molecule has 2 amide bonds. The Morgan fingerprint density at radius 1 is 1.30 bits per heavy atom. The van der Waals surface area contributed by atoms with Crippen LogP contribution < -0.4 is 5.32 Å². The number of nitrogens with one attached hydrogen (secondary N) is 1. The monoisotopic (exact) mass is 382 g/mol. The van der Waals surface area contributed by atoms with Gasteiger partial charge in [0.2, 0.25) is 5.91 Å². The van der Waals surface area contributed by atoms with Crippen molar-refractivity contribution in [1.82, 2.24) is 10.2 Å². The van der Waals surface area contributed by atoms with Crippen LogP contribution in [0.15, 0.2) is 28.7 Å². The molecular formula is C17H23BrN2O3. The number of carbonyl (C=O) groups excluding carboxylic acids is 2. The van der Waals surface area contributed by atoms with Gasteiger partial charge in [-0.15, -0.1) is 0 Å². The molecule has 1 atom stereocenters. The summed E-state index contributed by atoms with van der Waals surface area (Å²) >= 11 is 3.38. The Morgan fingerprint density at radius 3 is 2.57 bits per heavy atom. The molecule has 23 heavy (non-hydrogen) atoms. The highest BCUT2D eigenvalue weighted by molar-refractivity contribution is 9.10. The zero-order valence-corrected chi connectivity index (χ0v) is 15.4. The minimum absolute atomic E-state index is 0.0148. The second-order valence-corrected chi connectivity index (χ2v) is 7.67. The molecular weight excluding hydrogens is 360 g/mol. The molecule has 1 N–H and O–H groups in total. The van der Waals surface area contributed by atoms with Gasteiger partial charge in [0.15, 0.2) is 0 Å². The van der Waals surface area contributed by atoms with Gasteiger partial charge in [0.25, 0.3) is 0 Å². The van der Waals surface area contributed by atoms with E-state index in [1.165, 1.54) is 0 Å². The van der Waals surface area contributed by atoms with Crippen LogP contribution in [-0.4, -0.2) is 35.6 Å². The first-order chi connectivity index (χ1) is 10.7. The first kappa shape index (κ1) is 17.8. The second kappa shape index (κ2) is 7.34. The van der Waals surface area contributed by atoms with Crippen LogP contribution in [0, 0.1) is 5.92 Å². The van der Waals surface area contributed by atoms with Crippen molar-refractivity contribution in [2.24, 2.45) is 5.92 Å². The first-order valence-corrected chi connectivity index (χ1v) is 8.54. The fourth-order valence-corrected chi connectivity index (χ4v) is 2.67. The summed E-state index contributed by atoms with van der Waals surface area (Å²) in [5.74, 6) is -0.183. The standard InChI is InChI=1S/C17H23BrN2O3/c1-17(2,3)23-16(22)20-9-8-13(11-20)15(21)19-10-12-4-6-14(18)7-5-12/h4-7,13H,8-11H2,1-3H3,(H,19,21). The summed E-state index contributed by atoms with van der Waals surface area (Å²) in [5, 5.41) is 2.94. The van der Waals surface area contributed by atoms with Gasteiger partial charge < -0.3 is 15.0 Å². The summed E-state index contributed by atoms with van der Waals surface area (Å²) in [6, 6.07) is 7.82. The highest BCUT2D eigenvalue weighted by atomic mass is 79.9. The molecule has 0 radical (unpaired) electrons. The average molecular weight is 383 g/mol. The Hall–Kier alpha value is -1.56. The Kier molecular flexibility index (Phi) is 5.68. The first-order valence-electron chi connectivity index (χ1n) is 7.75. The lowest BCUT2D eigenvalue weighted by Crippen LogP contribution is -2.37. The fourth-order valence-electron chi connectivity index (χ4n) is 2.40. The third kappa shape index (κ3) is 5.53. The molecule has 1 fully saturated rings. The number of likely N-dealkylation sites (tertiary alicyclic amines) is 1. The molecule has 0 aromatic heterocycles. The smallest absolute Gasteiger partial charge is 0.410 e. The van der Waals surface area contributed by atoms with Crippen LogP contribution in [0.2, 0.25) is 0 Å². The minimum atomic E-state index is -0.515. The summed E-state index contributed by atoms with van der Waals surface area (Å²) in [6.45, 7) is 6.98. The van der Waals surface area contributed by atoms with Crippen LogP contribution in [0.5, 0.6) is 0 Å². The van der Waals surface area contributed by atoms with E-state index in [9.17, 15) is 9.59 Å². The number of ether oxygens (including phenoxy) is 1. The summed E-state index contributed by atoms with van der Waals surface area (Å²) in [4.78, 5) is 25.9. The van der Waals surface area contributed by atoms with Gasteiger partial charge in [-0.3, -0.25) is 4.79 Å². The molecule has 0 saturated carbocycles. The number of carbonyl (C=O) groups is 2. The normalized spacial score (nSPS) is 17.9. The Morgan fingerprint density at radius 2 is 1.96 bits per heavy atom. The highest BCUT2D eigenvalue weighted by Gasteiger charge is 2.33. The number of nitrogens with zero attached hydrogens (tertiary/aromatic N) is 1. The molecule has 0 bridgehead atoms. The lowest BCUT2D eigenvalue weighted by Gasteiger charge is -2.24. The molecule has 1 aliphatic rings. The maximum absolute atomic E-state index is 12.2. The highest BCUT2D eigenvalue weighted by Crippen LogP contribution is 2.20. The maximum Gasteiger partial charge on any atom is 0.410 e. The summed E-state index contributed by atoms with van der Waals surface area (Å²) in [7, 11) is 0. The van der Waals surface area contributed by atoms with Crippen LogP contribution >= 0.6 is 15.9 Å². The SMILES string of the molecule is CC(C)(C)OC(=O)N1CCC(C(=O)NCc2ccc(Br)cc2)C1. The molecule has 1 aliphatic heterocycles. The Bertz CT molecular complexity index is 566. The second-order valence-electron chi connectivity index (χ2n) is 6.76. The third-order valence-electron chi connectivity index (χ3n) is 3.59. The molecule has 1 saturated heterocycles. The van der Waals surface area contributed by atoms with Gasteiger partial charge in [-0.2, -0.15) is 0 Å². The van der Waals surface area contributed by atoms with Crippen molar-refractivity contribution in [1.29, 1.82) is 0 Å². The minimum Gasteiger partial charge on any atom is -0.444 e. The fraction of sp³-hybridized carbons (Fsp3) is 0.529. The number of halogens is 1. The van der Waals surface area contributed by atoms with Crippen molar-refractivity contribution in [2.75, 3.05) is 13.1 Å². The molecule has 5 nitrogen and oxygen atoms in total. The predicted molar refractivity (Wildman–Crippen MR) is 91.9 cm³/mol. The van der Waals surface area contributed by atoms with E-state index in [0.29, 0.717) is 26.1 Å².